The second-order valence-corrected chi connectivity index (χ2v) is 6.13. The number of urea groups is 1. The summed E-state index contributed by atoms with van der Waals surface area (Å²) in [6.45, 7) is 1.63. The molecule has 7 heteroatoms. The smallest absolute Gasteiger partial charge is 0.321 e. The van der Waals surface area contributed by atoms with Crippen molar-refractivity contribution in [2.24, 2.45) is 0 Å². The Hall–Kier alpha value is -2.96. The summed E-state index contributed by atoms with van der Waals surface area (Å²) in [5.41, 5.74) is 1.00. The number of hydrogen-bond donors (Lipinski definition) is 2. The zero-order valence-electron chi connectivity index (χ0n) is 14.1. The summed E-state index contributed by atoms with van der Waals surface area (Å²) in [5, 5.41) is 5.38. The molecular formula is C19H19F2N3O2. The van der Waals surface area contributed by atoms with Gasteiger partial charge in [-0.05, 0) is 48.7 Å². The first-order valence-electron chi connectivity index (χ1n) is 8.41. The summed E-state index contributed by atoms with van der Waals surface area (Å²) in [6.07, 6.45) is 2.02. The van der Waals surface area contributed by atoms with E-state index in [0.29, 0.717) is 5.69 Å². The molecule has 1 saturated heterocycles. The monoisotopic (exact) mass is 359 g/mol. The number of rotatable bonds is 4. The van der Waals surface area contributed by atoms with E-state index in [2.05, 4.69) is 10.6 Å². The third kappa shape index (κ3) is 4.36. The van der Waals surface area contributed by atoms with Crippen molar-refractivity contribution >= 4 is 17.6 Å². The molecule has 2 aromatic rings. The summed E-state index contributed by atoms with van der Waals surface area (Å²) in [7, 11) is 0. The Morgan fingerprint density at radius 3 is 2.58 bits per heavy atom. The summed E-state index contributed by atoms with van der Waals surface area (Å²) >= 11 is 0. The lowest BCUT2D eigenvalue weighted by Gasteiger charge is -2.16. The molecule has 1 heterocycles. The molecule has 3 rings (SSSR count). The highest BCUT2D eigenvalue weighted by molar-refractivity contribution is 5.94. The molecule has 3 amide bonds. The van der Waals surface area contributed by atoms with Crippen LogP contribution < -0.4 is 10.6 Å². The fraction of sp³-hybridized carbons (Fsp3) is 0.263. The van der Waals surface area contributed by atoms with E-state index < -0.39 is 17.5 Å². The fourth-order valence-electron chi connectivity index (χ4n) is 2.83. The zero-order chi connectivity index (χ0) is 18.5. The minimum absolute atomic E-state index is 0.127. The molecule has 1 aliphatic heterocycles. The van der Waals surface area contributed by atoms with E-state index in [4.69, 9.17) is 0 Å². The van der Waals surface area contributed by atoms with E-state index in [1.807, 2.05) is 0 Å². The third-order valence-electron chi connectivity index (χ3n) is 4.20. The number of benzene rings is 2. The first-order valence-corrected chi connectivity index (χ1v) is 8.41. The molecule has 0 bridgehead atoms. The topological polar surface area (TPSA) is 61.4 Å². The molecule has 136 valence electrons. The van der Waals surface area contributed by atoms with Crippen molar-refractivity contribution in [2.45, 2.75) is 19.4 Å². The van der Waals surface area contributed by atoms with Gasteiger partial charge in [0.2, 0.25) is 0 Å². The number of likely N-dealkylation sites (tertiary alicyclic amines) is 1. The molecule has 5 nitrogen and oxygen atoms in total. The van der Waals surface area contributed by atoms with Gasteiger partial charge in [-0.1, -0.05) is 12.1 Å². The van der Waals surface area contributed by atoms with Crippen LogP contribution in [0.5, 0.6) is 0 Å². The van der Waals surface area contributed by atoms with Crippen LogP contribution in [0, 0.1) is 11.6 Å². The van der Waals surface area contributed by atoms with Gasteiger partial charge in [0, 0.05) is 25.3 Å². The van der Waals surface area contributed by atoms with Crippen LogP contribution in [0.2, 0.25) is 0 Å². The van der Waals surface area contributed by atoms with Crippen LogP contribution in [0.4, 0.5) is 19.3 Å². The summed E-state index contributed by atoms with van der Waals surface area (Å²) in [6, 6.07) is 9.60. The van der Waals surface area contributed by atoms with E-state index in [1.165, 1.54) is 0 Å². The van der Waals surface area contributed by atoms with Crippen molar-refractivity contribution in [2.75, 3.05) is 18.4 Å². The van der Waals surface area contributed by atoms with Gasteiger partial charge in [0.25, 0.3) is 5.91 Å². The minimum Gasteiger partial charge on any atom is -0.348 e. The maximum atomic E-state index is 13.6. The fourth-order valence-corrected chi connectivity index (χ4v) is 2.83. The van der Waals surface area contributed by atoms with Crippen LogP contribution in [0.15, 0.2) is 42.5 Å². The van der Waals surface area contributed by atoms with Crippen molar-refractivity contribution in [3.63, 3.8) is 0 Å². The van der Waals surface area contributed by atoms with Crippen molar-refractivity contribution < 1.29 is 18.4 Å². The quantitative estimate of drug-likeness (QED) is 0.877. The van der Waals surface area contributed by atoms with Gasteiger partial charge in [0.1, 0.15) is 11.6 Å². The summed E-state index contributed by atoms with van der Waals surface area (Å²) in [5.74, 6) is -2.16. The molecule has 0 aliphatic carbocycles. The molecule has 1 fully saturated rings. The van der Waals surface area contributed by atoms with Crippen molar-refractivity contribution in [1.82, 2.24) is 10.2 Å². The zero-order valence-corrected chi connectivity index (χ0v) is 14.1. The number of anilines is 1. The first-order chi connectivity index (χ1) is 12.5. The molecule has 0 spiro atoms. The van der Waals surface area contributed by atoms with Crippen LogP contribution in [0.3, 0.4) is 0 Å². The second-order valence-electron chi connectivity index (χ2n) is 6.13. The highest BCUT2D eigenvalue weighted by atomic mass is 19.1. The molecule has 0 aromatic heterocycles. The Bertz CT molecular complexity index is 820. The maximum Gasteiger partial charge on any atom is 0.321 e. The Balaban J connectivity index is 1.60. The molecule has 2 aromatic carbocycles. The van der Waals surface area contributed by atoms with Gasteiger partial charge in [-0.25, -0.2) is 13.6 Å². The van der Waals surface area contributed by atoms with E-state index in [1.54, 1.807) is 29.2 Å². The molecule has 0 unspecified atom stereocenters. The molecule has 1 aliphatic rings. The minimum atomic E-state index is -0.782. The average Bonchev–Trinajstić information content (AvgIpc) is 3.17. The van der Waals surface area contributed by atoms with E-state index in [0.717, 1.165) is 49.7 Å². The normalized spacial score (nSPS) is 13.5. The Kier molecular flexibility index (Phi) is 5.46. The van der Waals surface area contributed by atoms with Crippen molar-refractivity contribution in [3.05, 3.63) is 65.2 Å². The summed E-state index contributed by atoms with van der Waals surface area (Å²) < 4.78 is 26.8. The molecule has 26 heavy (non-hydrogen) atoms. The van der Waals surface area contributed by atoms with Crippen LogP contribution in [0.1, 0.15) is 28.8 Å². The lowest BCUT2D eigenvalue weighted by molar-refractivity contribution is 0.0946. The number of amides is 3. The van der Waals surface area contributed by atoms with E-state index >= 15 is 0 Å². The maximum absolute atomic E-state index is 13.6. The summed E-state index contributed by atoms with van der Waals surface area (Å²) in [4.78, 5) is 25.9. The molecule has 0 radical (unpaired) electrons. The van der Waals surface area contributed by atoms with E-state index in [-0.39, 0.29) is 18.1 Å². The lowest BCUT2D eigenvalue weighted by atomic mass is 10.1. The Morgan fingerprint density at radius 1 is 1.04 bits per heavy atom. The molecular weight excluding hydrogens is 340 g/mol. The number of nitrogens with one attached hydrogen (secondary N) is 2. The number of hydrogen-bond acceptors (Lipinski definition) is 2. The van der Waals surface area contributed by atoms with Gasteiger partial charge in [0.05, 0.1) is 5.56 Å². The predicted octanol–water partition coefficient (Wildman–Crippen LogP) is 3.52. The third-order valence-corrected chi connectivity index (χ3v) is 4.20. The van der Waals surface area contributed by atoms with Gasteiger partial charge < -0.3 is 15.5 Å². The Morgan fingerprint density at radius 2 is 1.81 bits per heavy atom. The van der Waals surface area contributed by atoms with Crippen molar-refractivity contribution in [3.8, 4) is 0 Å². The lowest BCUT2D eigenvalue weighted by Crippen LogP contribution is -2.32. The van der Waals surface area contributed by atoms with Gasteiger partial charge in [-0.15, -0.1) is 0 Å². The highest BCUT2D eigenvalue weighted by Gasteiger charge is 2.18. The number of nitrogens with zero attached hydrogens (tertiary/aromatic N) is 1. The SMILES string of the molecule is O=C(NCc1cccc(NC(=O)N2CCCC2)c1)c1cc(F)ccc1F. The van der Waals surface area contributed by atoms with Crippen LogP contribution in [0.25, 0.3) is 0 Å². The number of carbonyl (C=O) groups is 2. The largest absolute Gasteiger partial charge is 0.348 e. The first kappa shape index (κ1) is 17.8. The predicted molar refractivity (Wildman–Crippen MR) is 93.8 cm³/mol. The highest BCUT2D eigenvalue weighted by Crippen LogP contribution is 2.15. The van der Waals surface area contributed by atoms with Crippen molar-refractivity contribution in [1.29, 1.82) is 0 Å². The van der Waals surface area contributed by atoms with Crippen LogP contribution in [-0.2, 0) is 6.54 Å². The average molecular weight is 359 g/mol. The van der Waals surface area contributed by atoms with Gasteiger partial charge in [-0.3, -0.25) is 4.79 Å². The van der Waals surface area contributed by atoms with Gasteiger partial charge in [0.15, 0.2) is 0 Å². The van der Waals surface area contributed by atoms with Crippen LogP contribution in [-0.4, -0.2) is 29.9 Å². The second kappa shape index (κ2) is 7.95. The Labute approximate surface area is 150 Å². The van der Waals surface area contributed by atoms with E-state index in [9.17, 15) is 18.4 Å². The number of carbonyl (C=O) groups excluding carboxylic acids is 2. The standard InChI is InChI=1S/C19H19F2N3O2/c20-14-6-7-17(21)16(11-14)18(25)22-12-13-4-3-5-15(10-13)23-19(26)24-8-1-2-9-24/h3-7,10-11H,1-2,8-9,12H2,(H,22,25)(H,23,26). The van der Waals surface area contributed by atoms with Crippen LogP contribution >= 0.6 is 0 Å². The number of halogens is 2. The molecule has 2 N–H and O–H groups in total. The van der Waals surface area contributed by atoms with Gasteiger partial charge >= 0.3 is 6.03 Å². The molecule has 0 atom stereocenters. The molecule has 0 saturated carbocycles. The van der Waals surface area contributed by atoms with Gasteiger partial charge in [-0.2, -0.15) is 0 Å².